The molecule has 0 spiro atoms. The van der Waals surface area contributed by atoms with Gasteiger partial charge in [-0.25, -0.2) is 0 Å². The van der Waals surface area contributed by atoms with Crippen LogP contribution in [0.3, 0.4) is 0 Å². The smallest absolute Gasteiger partial charge is 0.0208 e. The summed E-state index contributed by atoms with van der Waals surface area (Å²) in [6.07, 6.45) is 2.51. The minimum absolute atomic E-state index is 1.05. The van der Waals surface area contributed by atoms with E-state index in [1.165, 1.54) is 27.5 Å². The molecule has 1 aromatic carbocycles. The molecule has 1 aliphatic rings. The van der Waals surface area contributed by atoms with Crippen LogP contribution in [0.1, 0.15) is 17.5 Å². The Morgan fingerprint density at radius 2 is 2.17 bits per heavy atom. The fourth-order valence-corrected chi connectivity index (χ4v) is 2.19. The van der Waals surface area contributed by atoms with Gasteiger partial charge < -0.3 is 5.32 Å². The molecule has 0 amide bonds. The van der Waals surface area contributed by atoms with E-state index in [9.17, 15) is 0 Å². The SMILES string of the molecule is Ic1ccc2c(c1)CNCCC2. The zero-order valence-corrected chi connectivity index (χ0v) is 9.10. The summed E-state index contributed by atoms with van der Waals surface area (Å²) in [4.78, 5) is 0. The Kier molecular flexibility index (Phi) is 2.66. The molecular formula is C10H12IN. The second-order valence-electron chi connectivity index (χ2n) is 3.19. The first-order valence-corrected chi connectivity index (χ1v) is 5.42. The monoisotopic (exact) mass is 273 g/mol. The number of halogens is 1. The van der Waals surface area contributed by atoms with Crippen molar-refractivity contribution in [3.63, 3.8) is 0 Å². The first kappa shape index (κ1) is 8.51. The predicted molar refractivity (Wildman–Crippen MR) is 59.2 cm³/mol. The van der Waals surface area contributed by atoms with Crippen molar-refractivity contribution in [1.82, 2.24) is 5.32 Å². The van der Waals surface area contributed by atoms with Gasteiger partial charge in [0.05, 0.1) is 0 Å². The summed E-state index contributed by atoms with van der Waals surface area (Å²) >= 11 is 2.37. The highest BCUT2D eigenvalue weighted by Gasteiger charge is 2.06. The van der Waals surface area contributed by atoms with Crippen LogP contribution in [0.4, 0.5) is 0 Å². The van der Waals surface area contributed by atoms with Crippen molar-refractivity contribution in [2.24, 2.45) is 0 Å². The van der Waals surface area contributed by atoms with Gasteiger partial charge in [0.2, 0.25) is 0 Å². The summed E-state index contributed by atoms with van der Waals surface area (Å²) < 4.78 is 1.34. The van der Waals surface area contributed by atoms with Gasteiger partial charge in [0.25, 0.3) is 0 Å². The van der Waals surface area contributed by atoms with Crippen LogP contribution < -0.4 is 5.32 Å². The van der Waals surface area contributed by atoms with Crippen molar-refractivity contribution < 1.29 is 0 Å². The largest absolute Gasteiger partial charge is 0.313 e. The van der Waals surface area contributed by atoms with Crippen molar-refractivity contribution in [1.29, 1.82) is 0 Å². The molecule has 1 aliphatic heterocycles. The average Bonchev–Trinajstić information content (AvgIpc) is 2.28. The van der Waals surface area contributed by atoms with Gasteiger partial charge in [-0.05, 0) is 65.2 Å². The maximum atomic E-state index is 3.43. The molecule has 2 rings (SSSR count). The highest BCUT2D eigenvalue weighted by atomic mass is 127. The normalized spacial score (nSPS) is 16.8. The number of nitrogens with one attached hydrogen (secondary N) is 1. The summed E-state index contributed by atoms with van der Waals surface area (Å²) in [6, 6.07) is 6.75. The molecule has 0 saturated carbocycles. The van der Waals surface area contributed by atoms with Gasteiger partial charge in [0.15, 0.2) is 0 Å². The third-order valence-electron chi connectivity index (χ3n) is 2.28. The molecule has 0 radical (unpaired) electrons. The number of hydrogen-bond acceptors (Lipinski definition) is 1. The van der Waals surface area contributed by atoms with Crippen LogP contribution >= 0.6 is 22.6 Å². The van der Waals surface area contributed by atoms with Crippen LogP contribution in [0.2, 0.25) is 0 Å². The average molecular weight is 273 g/mol. The molecule has 2 heteroatoms. The first-order valence-electron chi connectivity index (χ1n) is 4.34. The molecule has 1 nitrogen and oxygen atoms in total. The number of benzene rings is 1. The van der Waals surface area contributed by atoms with E-state index in [2.05, 4.69) is 46.1 Å². The summed E-state index contributed by atoms with van der Waals surface area (Å²) in [7, 11) is 0. The molecule has 12 heavy (non-hydrogen) atoms. The maximum Gasteiger partial charge on any atom is 0.0208 e. The van der Waals surface area contributed by atoms with Crippen molar-refractivity contribution in [2.75, 3.05) is 6.54 Å². The molecule has 1 heterocycles. The lowest BCUT2D eigenvalue weighted by atomic mass is 10.0. The van der Waals surface area contributed by atoms with E-state index in [-0.39, 0.29) is 0 Å². The molecule has 0 bridgehead atoms. The summed E-state index contributed by atoms with van der Waals surface area (Å²) in [5.74, 6) is 0. The van der Waals surface area contributed by atoms with Gasteiger partial charge in [-0.2, -0.15) is 0 Å². The first-order chi connectivity index (χ1) is 5.86. The summed E-state index contributed by atoms with van der Waals surface area (Å²) in [5, 5.41) is 3.43. The summed E-state index contributed by atoms with van der Waals surface area (Å²) in [5.41, 5.74) is 3.01. The van der Waals surface area contributed by atoms with Gasteiger partial charge in [-0.1, -0.05) is 6.07 Å². The lowest BCUT2D eigenvalue weighted by Crippen LogP contribution is -2.11. The van der Waals surface area contributed by atoms with Crippen molar-refractivity contribution in [3.05, 3.63) is 32.9 Å². The Bertz CT molecular complexity index is 283. The lowest BCUT2D eigenvalue weighted by Gasteiger charge is -2.04. The highest BCUT2D eigenvalue weighted by molar-refractivity contribution is 14.1. The fourth-order valence-electron chi connectivity index (χ4n) is 1.63. The third-order valence-corrected chi connectivity index (χ3v) is 2.95. The van der Waals surface area contributed by atoms with E-state index in [4.69, 9.17) is 0 Å². The molecule has 0 aliphatic carbocycles. The molecule has 0 fully saturated rings. The van der Waals surface area contributed by atoms with Crippen LogP contribution in [0.15, 0.2) is 18.2 Å². The van der Waals surface area contributed by atoms with E-state index >= 15 is 0 Å². The zero-order chi connectivity index (χ0) is 8.39. The van der Waals surface area contributed by atoms with Crippen LogP contribution in [-0.4, -0.2) is 6.54 Å². The second kappa shape index (κ2) is 3.75. The van der Waals surface area contributed by atoms with Crippen LogP contribution in [0.5, 0.6) is 0 Å². The molecular weight excluding hydrogens is 261 g/mol. The highest BCUT2D eigenvalue weighted by Crippen LogP contribution is 2.17. The standard InChI is InChI=1S/C10H12IN/c11-10-4-3-8-2-1-5-12-7-9(8)6-10/h3-4,6,12H,1-2,5,7H2. The topological polar surface area (TPSA) is 12.0 Å². The Balaban J connectivity index is 2.36. The summed E-state index contributed by atoms with van der Waals surface area (Å²) in [6.45, 7) is 2.21. The quantitative estimate of drug-likeness (QED) is 0.715. The second-order valence-corrected chi connectivity index (χ2v) is 4.44. The molecule has 0 saturated heterocycles. The van der Waals surface area contributed by atoms with Crippen molar-refractivity contribution >= 4 is 22.6 Å². The number of rotatable bonds is 0. The lowest BCUT2D eigenvalue weighted by molar-refractivity contribution is 0.680. The van der Waals surface area contributed by atoms with E-state index in [0.717, 1.165) is 13.1 Å². The van der Waals surface area contributed by atoms with Crippen molar-refractivity contribution in [2.45, 2.75) is 19.4 Å². The number of aryl methyl sites for hydroxylation is 1. The Morgan fingerprint density at radius 1 is 1.25 bits per heavy atom. The Morgan fingerprint density at radius 3 is 3.08 bits per heavy atom. The fraction of sp³-hybridized carbons (Fsp3) is 0.400. The molecule has 0 unspecified atom stereocenters. The minimum Gasteiger partial charge on any atom is -0.313 e. The Hall–Kier alpha value is -0.0900. The third kappa shape index (κ3) is 1.80. The number of fused-ring (bicyclic) bond motifs is 1. The molecule has 1 aromatic rings. The molecule has 0 aromatic heterocycles. The van der Waals surface area contributed by atoms with Gasteiger partial charge in [0.1, 0.15) is 0 Å². The molecule has 1 N–H and O–H groups in total. The number of hydrogen-bond donors (Lipinski definition) is 1. The van der Waals surface area contributed by atoms with E-state index in [0.29, 0.717) is 0 Å². The minimum atomic E-state index is 1.05. The van der Waals surface area contributed by atoms with Crippen LogP contribution in [-0.2, 0) is 13.0 Å². The van der Waals surface area contributed by atoms with Gasteiger partial charge in [-0.15, -0.1) is 0 Å². The van der Waals surface area contributed by atoms with Crippen molar-refractivity contribution in [3.8, 4) is 0 Å². The van der Waals surface area contributed by atoms with E-state index in [1.54, 1.807) is 0 Å². The van der Waals surface area contributed by atoms with E-state index in [1.807, 2.05) is 0 Å². The predicted octanol–water partition coefficient (Wildman–Crippen LogP) is 2.33. The van der Waals surface area contributed by atoms with Crippen LogP contribution in [0, 0.1) is 3.57 Å². The Labute approximate surface area is 86.7 Å². The van der Waals surface area contributed by atoms with Crippen LogP contribution in [0.25, 0.3) is 0 Å². The van der Waals surface area contributed by atoms with Gasteiger partial charge in [-0.3, -0.25) is 0 Å². The maximum absolute atomic E-state index is 3.43. The van der Waals surface area contributed by atoms with Gasteiger partial charge >= 0.3 is 0 Å². The molecule has 0 atom stereocenters. The molecule has 64 valence electrons. The zero-order valence-electron chi connectivity index (χ0n) is 6.94. The van der Waals surface area contributed by atoms with Gasteiger partial charge in [0, 0.05) is 10.1 Å². The van der Waals surface area contributed by atoms with E-state index < -0.39 is 0 Å².